The van der Waals surface area contributed by atoms with Gasteiger partial charge in [-0.15, -0.1) is 0 Å². The molecule has 0 aliphatic heterocycles. The minimum atomic E-state index is -0.519. The third-order valence-corrected chi connectivity index (χ3v) is 1.62. The molecule has 0 spiro atoms. The van der Waals surface area contributed by atoms with Gasteiger partial charge in [0.25, 0.3) is 5.91 Å². The fourth-order valence-electron chi connectivity index (χ4n) is 0.969. The highest BCUT2D eigenvalue weighted by Gasteiger charge is 2.11. The van der Waals surface area contributed by atoms with E-state index in [1.165, 1.54) is 0 Å². The number of rotatable bonds is 4. The molecule has 1 heterocycles. The zero-order valence-electron chi connectivity index (χ0n) is 7.00. The third-order valence-electron chi connectivity index (χ3n) is 1.62. The zero-order valence-corrected chi connectivity index (χ0v) is 7.00. The molecular formula is C7H12N4O. The van der Waals surface area contributed by atoms with Crippen LogP contribution in [0.15, 0.2) is 0 Å². The highest BCUT2D eigenvalue weighted by molar-refractivity contribution is 5.91. The Morgan fingerprint density at radius 1 is 1.58 bits per heavy atom. The lowest BCUT2D eigenvalue weighted by Gasteiger charge is -1.93. The van der Waals surface area contributed by atoms with E-state index in [1.807, 2.05) is 0 Å². The van der Waals surface area contributed by atoms with Crippen molar-refractivity contribution in [2.24, 2.45) is 5.73 Å². The van der Waals surface area contributed by atoms with E-state index in [4.69, 9.17) is 5.73 Å². The van der Waals surface area contributed by atoms with Gasteiger partial charge in [0.1, 0.15) is 0 Å². The summed E-state index contributed by atoms with van der Waals surface area (Å²) in [6, 6.07) is 0. The van der Waals surface area contributed by atoms with Crippen LogP contribution in [0.3, 0.4) is 0 Å². The lowest BCUT2D eigenvalue weighted by molar-refractivity contribution is 0.0994. The molecule has 5 nitrogen and oxygen atoms in total. The van der Waals surface area contributed by atoms with Crippen molar-refractivity contribution >= 4 is 5.91 Å². The van der Waals surface area contributed by atoms with E-state index in [0.29, 0.717) is 5.69 Å². The summed E-state index contributed by atoms with van der Waals surface area (Å²) in [6.45, 7) is 2.07. The van der Waals surface area contributed by atoms with Crippen LogP contribution in [0.4, 0.5) is 0 Å². The van der Waals surface area contributed by atoms with Gasteiger partial charge in [0.05, 0.1) is 5.69 Å². The molecule has 0 aliphatic rings. The van der Waals surface area contributed by atoms with Gasteiger partial charge < -0.3 is 5.73 Å². The van der Waals surface area contributed by atoms with E-state index >= 15 is 0 Å². The highest BCUT2D eigenvalue weighted by Crippen LogP contribution is 2.04. The van der Waals surface area contributed by atoms with Crippen molar-refractivity contribution in [1.29, 1.82) is 0 Å². The maximum Gasteiger partial charge on any atom is 0.271 e. The summed E-state index contributed by atoms with van der Waals surface area (Å²) in [6.07, 6.45) is 2.81. The number of nitrogens with one attached hydrogen (secondary N) is 1. The maximum atomic E-state index is 10.7. The number of amides is 1. The van der Waals surface area contributed by atoms with E-state index in [0.717, 1.165) is 19.3 Å². The van der Waals surface area contributed by atoms with Crippen LogP contribution < -0.4 is 5.73 Å². The lowest BCUT2D eigenvalue weighted by atomic mass is 10.1. The Labute approximate surface area is 70.3 Å². The Kier molecular flexibility index (Phi) is 2.79. The number of aromatic amines is 1. The predicted octanol–water partition coefficient (Wildman–Crippen LogP) is 0.246. The van der Waals surface area contributed by atoms with Gasteiger partial charge in [-0.05, 0) is 12.8 Å². The number of hydrogen-bond acceptors (Lipinski definition) is 3. The van der Waals surface area contributed by atoms with E-state index in [9.17, 15) is 4.79 Å². The first-order valence-electron chi connectivity index (χ1n) is 3.95. The molecule has 1 aromatic heterocycles. The summed E-state index contributed by atoms with van der Waals surface area (Å²) in [5.41, 5.74) is 6.01. The molecule has 0 radical (unpaired) electrons. The van der Waals surface area contributed by atoms with Crippen molar-refractivity contribution < 1.29 is 4.79 Å². The number of nitrogens with zero attached hydrogens (tertiary/aromatic N) is 2. The monoisotopic (exact) mass is 168 g/mol. The average molecular weight is 168 g/mol. The Hall–Kier alpha value is -1.39. The predicted molar refractivity (Wildman–Crippen MR) is 43.5 cm³/mol. The second-order valence-electron chi connectivity index (χ2n) is 2.59. The minimum absolute atomic E-state index is 0.267. The number of nitrogens with two attached hydrogens (primary N) is 1. The van der Waals surface area contributed by atoms with Crippen LogP contribution in [0.1, 0.15) is 35.9 Å². The molecule has 0 saturated carbocycles. The number of hydrogen-bond donors (Lipinski definition) is 2. The van der Waals surface area contributed by atoms with Crippen LogP contribution in [-0.2, 0) is 6.42 Å². The van der Waals surface area contributed by atoms with Crippen molar-refractivity contribution in [3.05, 3.63) is 11.4 Å². The van der Waals surface area contributed by atoms with Gasteiger partial charge in [-0.3, -0.25) is 4.79 Å². The number of aromatic nitrogens is 3. The molecule has 1 rings (SSSR count). The Morgan fingerprint density at radius 2 is 2.33 bits per heavy atom. The summed E-state index contributed by atoms with van der Waals surface area (Å²) < 4.78 is 0. The Balaban J connectivity index is 2.70. The van der Waals surface area contributed by atoms with E-state index in [-0.39, 0.29) is 5.69 Å². The first kappa shape index (κ1) is 8.70. The number of primary amides is 1. The van der Waals surface area contributed by atoms with E-state index < -0.39 is 5.91 Å². The lowest BCUT2D eigenvalue weighted by Crippen LogP contribution is -2.14. The topological polar surface area (TPSA) is 84.7 Å². The van der Waals surface area contributed by atoms with Crippen LogP contribution in [0.2, 0.25) is 0 Å². The molecular weight excluding hydrogens is 156 g/mol. The first-order chi connectivity index (χ1) is 5.75. The van der Waals surface area contributed by atoms with Crippen molar-refractivity contribution in [1.82, 2.24) is 15.4 Å². The number of unbranched alkanes of at least 4 members (excludes halogenated alkanes) is 1. The average Bonchev–Trinajstić information content (AvgIpc) is 2.48. The van der Waals surface area contributed by atoms with Gasteiger partial charge in [-0.25, -0.2) is 0 Å². The molecule has 0 bridgehead atoms. The Bertz CT molecular complexity index is 268. The van der Waals surface area contributed by atoms with E-state index in [2.05, 4.69) is 22.3 Å². The van der Waals surface area contributed by atoms with Gasteiger partial charge in [0.2, 0.25) is 0 Å². The van der Waals surface area contributed by atoms with Crippen molar-refractivity contribution in [2.45, 2.75) is 26.2 Å². The molecule has 0 atom stereocenters. The molecule has 12 heavy (non-hydrogen) atoms. The summed E-state index contributed by atoms with van der Waals surface area (Å²) in [5.74, 6) is -0.519. The molecule has 0 aliphatic carbocycles. The number of aryl methyl sites for hydroxylation is 1. The molecule has 0 unspecified atom stereocenters. The van der Waals surface area contributed by atoms with Gasteiger partial charge in [-0.2, -0.15) is 15.4 Å². The number of carbonyl (C=O) groups excluding carboxylic acids is 1. The number of carbonyl (C=O) groups is 1. The van der Waals surface area contributed by atoms with Crippen LogP contribution in [0, 0.1) is 0 Å². The van der Waals surface area contributed by atoms with Crippen LogP contribution in [0.25, 0.3) is 0 Å². The van der Waals surface area contributed by atoms with Crippen LogP contribution in [-0.4, -0.2) is 21.3 Å². The first-order valence-corrected chi connectivity index (χ1v) is 3.95. The second kappa shape index (κ2) is 3.85. The summed E-state index contributed by atoms with van der Waals surface area (Å²) in [4.78, 5) is 10.7. The SMILES string of the molecule is CCCCc1n[nH]nc1C(N)=O. The fourth-order valence-corrected chi connectivity index (χ4v) is 0.969. The molecule has 0 saturated heterocycles. The van der Waals surface area contributed by atoms with Crippen molar-refractivity contribution in [2.75, 3.05) is 0 Å². The molecule has 3 N–H and O–H groups in total. The summed E-state index contributed by atoms with van der Waals surface area (Å²) in [5, 5.41) is 9.88. The summed E-state index contributed by atoms with van der Waals surface area (Å²) in [7, 11) is 0. The molecule has 1 aromatic rings. The van der Waals surface area contributed by atoms with Gasteiger partial charge in [0.15, 0.2) is 5.69 Å². The normalized spacial score (nSPS) is 10.1. The fraction of sp³-hybridized carbons (Fsp3) is 0.571. The second-order valence-corrected chi connectivity index (χ2v) is 2.59. The smallest absolute Gasteiger partial charge is 0.271 e. The van der Waals surface area contributed by atoms with Crippen LogP contribution in [0.5, 0.6) is 0 Å². The Morgan fingerprint density at radius 3 is 2.92 bits per heavy atom. The quantitative estimate of drug-likeness (QED) is 0.675. The zero-order chi connectivity index (χ0) is 8.97. The molecule has 0 fully saturated rings. The molecule has 5 heteroatoms. The standard InChI is InChI=1S/C7H12N4O/c1-2-3-4-5-6(7(8)12)10-11-9-5/h2-4H2,1H3,(H2,8,12)(H,9,10,11). The molecule has 66 valence electrons. The van der Waals surface area contributed by atoms with Gasteiger partial charge >= 0.3 is 0 Å². The van der Waals surface area contributed by atoms with Crippen molar-refractivity contribution in [3.63, 3.8) is 0 Å². The molecule has 0 aromatic carbocycles. The van der Waals surface area contributed by atoms with Crippen molar-refractivity contribution in [3.8, 4) is 0 Å². The number of H-pyrrole nitrogens is 1. The largest absolute Gasteiger partial charge is 0.364 e. The van der Waals surface area contributed by atoms with Crippen LogP contribution >= 0.6 is 0 Å². The maximum absolute atomic E-state index is 10.7. The summed E-state index contributed by atoms with van der Waals surface area (Å²) >= 11 is 0. The minimum Gasteiger partial charge on any atom is -0.364 e. The van der Waals surface area contributed by atoms with Gasteiger partial charge in [0, 0.05) is 0 Å². The molecule has 1 amide bonds. The third kappa shape index (κ3) is 1.81. The highest BCUT2D eigenvalue weighted by atomic mass is 16.1. The van der Waals surface area contributed by atoms with E-state index in [1.54, 1.807) is 0 Å². The van der Waals surface area contributed by atoms with Gasteiger partial charge in [-0.1, -0.05) is 13.3 Å².